The molecule has 30 heavy (non-hydrogen) atoms. The first-order valence-electron chi connectivity index (χ1n) is 11.3. The molecule has 166 valence electrons. The zero-order valence-electron chi connectivity index (χ0n) is 18.2. The maximum Gasteiger partial charge on any atom is 0.119 e. The van der Waals surface area contributed by atoms with E-state index < -0.39 is 6.10 Å². The van der Waals surface area contributed by atoms with Gasteiger partial charge in [0.05, 0.1) is 6.10 Å². The summed E-state index contributed by atoms with van der Waals surface area (Å²) in [7, 11) is 0. The predicted molar refractivity (Wildman–Crippen MR) is 122 cm³/mol. The van der Waals surface area contributed by atoms with Gasteiger partial charge in [0.15, 0.2) is 0 Å². The number of nitrogens with zero attached hydrogens (tertiary/aromatic N) is 2. The molecule has 2 fully saturated rings. The lowest BCUT2D eigenvalue weighted by atomic mass is 9.88. The Hall–Kier alpha value is -1.66. The molecular weight excluding hydrogens is 376 g/mol. The summed E-state index contributed by atoms with van der Waals surface area (Å²) in [6.07, 6.45) is 9.26. The first-order chi connectivity index (χ1) is 14.5. The number of likely N-dealkylation sites (tertiary alicyclic amines) is 2. The second-order valence-corrected chi connectivity index (χ2v) is 8.88. The number of β-amino-alcohol motifs (C(OH)–C–C–N with tert-alkyl or cyclic N) is 1. The molecule has 2 N–H and O–H groups in total. The molecule has 1 unspecified atom stereocenters. The van der Waals surface area contributed by atoms with Crippen molar-refractivity contribution in [3.05, 3.63) is 55.1 Å². The fourth-order valence-electron chi connectivity index (χ4n) is 4.92. The summed E-state index contributed by atoms with van der Waals surface area (Å²) in [5, 5.41) is 20.0. The van der Waals surface area contributed by atoms with E-state index in [0.29, 0.717) is 6.54 Å². The molecule has 0 aliphatic carbocycles. The van der Waals surface area contributed by atoms with E-state index in [1.54, 1.807) is 0 Å². The van der Waals surface area contributed by atoms with Gasteiger partial charge in [0.1, 0.15) is 18.5 Å². The van der Waals surface area contributed by atoms with Gasteiger partial charge in [0, 0.05) is 31.7 Å². The average molecular weight is 415 g/mol. The molecule has 2 aliphatic rings. The fraction of sp³-hybridized carbons (Fsp3) is 0.600. The fourth-order valence-corrected chi connectivity index (χ4v) is 4.92. The summed E-state index contributed by atoms with van der Waals surface area (Å²) in [4.78, 5) is 4.76. The van der Waals surface area contributed by atoms with Gasteiger partial charge in [-0.3, -0.25) is 4.90 Å². The van der Waals surface area contributed by atoms with Crippen LogP contribution in [0, 0.1) is 0 Å². The smallest absolute Gasteiger partial charge is 0.119 e. The SMILES string of the molecule is C=CCC1(CC=C)CCCN1Cc1cccc(OCC(O)CN2CCC(O)CC2)c1. The lowest BCUT2D eigenvalue weighted by Crippen LogP contribution is -2.42. The minimum Gasteiger partial charge on any atom is -0.491 e. The second kappa shape index (κ2) is 11.1. The highest BCUT2D eigenvalue weighted by atomic mass is 16.5. The average Bonchev–Trinajstić information content (AvgIpc) is 3.11. The van der Waals surface area contributed by atoms with Crippen LogP contribution in [0.15, 0.2) is 49.6 Å². The molecule has 0 saturated carbocycles. The quantitative estimate of drug-likeness (QED) is 0.544. The highest BCUT2D eigenvalue weighted by Crippen LogP contribution is 2.37. The Morgan fingerprint density at radius 1 is 1.17 bits per heavy atom. The zero-order chi connectivity index (χ0) is 21.4. The molecule has 3 rings (SSSR count). The van der Waals surface area contributed by atoms with Crippen molar-refractivity contribution < 1.29 is 14.9 Å². The maximum atomic E-state index is 10.4. The number of hydrogen-bond donors (Lipinski definition) is 2. The number of piperidine rings is 1. The number of rotatable bonds is 11. The molecule has 2 heterocycles. The van der Waals surface area contributed by atoms with Crippen LogP contribution in [-0.4, -0.2) is 70.5 Å². The van der Waals surface area contributed by atoms with Gasteiger partial charge in [0.2, 0.25) is 0 Å². The van der Waals surface area contributed by atoms with Crippen LogP contribution >= 0.6 is 0 Å². The second-order valence-electron chi connectivity index (χ2n) is 8.88. The van der Waals surface area contributed by atoms with E-state index in [0.717, 1.165) is 57.6 Å². The van der Waals surface area contributed by atoms with Crippen molar-refractivity contribution in [1.29, 1.82) is 0 Å². The van der Waals surface area contributed by atoms with Crippen molar-refractivity contribution in [2.75, 3.05) is 32.8 Å². The molecule has 5 nitrogen and oxygen atoms in total. The lowest BCUT2D eigenvalue weighted by molar-refractivity contribution is 0.0337. The maximum absolute atomic E-state index is 10.4. The Morgan fingerprint density at radius 2 is 1.90 bits per heavy atom. The molecule has 0 radical (unpaired) electrons. The summed E-state index contributed by atoms with van der Waals surface area (Å²) in [6, 6.07) is 8.22. The van der Waals surface area contributed by atoms with Crippen LogP contribution in [0.3, 0.4) is 0 Å². The van der Waals surface area contributed by atoms with Crippen LogP contribution in [0.2, 0.25) is 0 Å². The third-order valence-corrected chi connectivity index (χ3v) is 6.53. The molecule has 0 spiro atoms. The number of aliphatic hydroxyl groups excluding tert-OH is 2. The number of ether oxygens (including phenoxy) is 1. The Bertz CT molecular complexity index is 675. The first-order valence-corrected chi connectivity index (χ1v) is 11.3. The summed E-state index contributed by atoms with van der Waals surface area (Å²) in [6.45, 7) is 12.5. The van der Waals surface area contributed by atoms with E-state index in [-0.39, 0.29) is 18.2 Å². The Morgan fingerprint density at radius 3 is 2.60 bits per heavy atom. The van der Waals surface area contributed by atoms with Crippen molar-refractivity contribution >= 4 is 0 Å². The van der Waals surface area contributed by atoms with Crippen LogP contribution in [0.5, 0.6) is 5.75 Å². The van der Waals surface area contributed by atoms with Crippen LogP contribution < -0.4 is 4.74 Å². The first kappa shape index (κ1) is 23.0. The molecule has 1 aromatic carbocycles. The van der Waals surface area contributed by atoms with Crippen molar-refractivity contribution in [3.63, 3.8) is 0 Å². The minimum absolute atomic E-state index is 0.137. The van der Waals surface area contributed by atoms with Gasteiger partial charge in [-0.2, -0.15) is 0 Å². The molecule has 5 heteroatoms. The van der Waals surface area contributed by atoms with Crippen molar-refractivity contribution in [3.8, 4) is 5.75 Å². The highest BCUT2D eigenvalue weighted by Gasteiger charge is 2.38. The molecular formula is C25H38N2O3. The zero-order valence-corrected chi connectivity index (χ0v) is 18.2. The van der Waals surface area contributed by atoms with Crippen molar-refractivity contribution in [2.45, 2.75) is 62.8 Å². The van der Waals surface area contributed by atoms with Gasteiger partial charge in [0.25, 0.3) is 0 Å². The van der Waals surface area contributed by atoms with Crippen molar-refractivity contribution in [1.82, 2.24) is 9.80 Å². The molecule has 0 amide bonds. The highest BCUT2D eigenvalue weighted by molar-refractivity contribution is 5.29. The number of aliphatic hydroxyl groups is 2. The standard InChI is InChI=1S/C25H38N2O3/c1-3-11-25(12-4-2)13-6-14-27(25)18-21-7-5-8-24(17-21)30-20-23(29)19-26-15-9-22(28)10-16-26/h3-5,7-8,17,22-23,28-29H,1-2,6,9-16,18-20H2. The van der Waals surface area contributed by atoms with Crippen LogP contribution in [0.25, 0.3) is 0 Å². The van der Waals surface area contributed by atoms with Gasteiger partial charge in [-0.25, -0.2) is 0 Å². The van der Waals surface area contributed by atoms with Crippen LogP contribution in [-0.2, 0) is 6.54 Å². The molecule has 0 aromatic heterocycles. The lowest BCUT2D eigenvalue weighted by Gasteiger charge is -2.37. The van der Waals surface area contributed by atoms with Crippen molar-refractivity contribution in [2.24, 2.45) is 0 Å². The molecule has 1 aromatic rings. The summed E-state index contributed by atoms with van der Waals surface area (Å²) in [5.74, 6) is 0.804. The van der Waals surface area contributed by atoms with E-state index in [1.165, 1.54) is 18.4 Å². The van der Waals surface area contributed by atoms with E-state index in [9.17, 15) is 10.2 Å². The molecule has 0 bridgehead atoms. The van der Waals surface area contributed by atoms with Gasteiger partial charge in [-0.1, -0.05) is 24.3 Å². The van der Waals surface area contributed by atoms with E-state index in [2.05, 4.69) is 35.1 Å². The largest absolute Gasteiger partial charge is 0.491 e. The normalized spacial score (nSPS) is 21.4. The van der Waals surface area contributed by atoms with Gasteiger partial charge < -0.3 is 19.8 Å². The summed E-state index contributed by atoms with van der Waals surface area (Å²) >= 11 is 0. The Balaban J connectivity index is 1.53. The molecule has 2 saturated heterocycles. The predicted octanol–water partition coefficient (Wildman–Crippen LogP) is 3.37. The Labute approximate surface area is 181 Å². The minimum atomic E-state index is -0.532. The van der Waals surface area contributed by atoms with E-state index in [1.807, 2.05) is 24.3 Å². The van der Waals surface area contributed by atoms with Gasteiger partial charge >= 0.3 is 0 Å². The summed E-state index contributed by atoms with van der Waals surface area (Å²) in [5.41, 5.74) is 1.37. The van der Waals surface area contributed by atoms with Gasteiger partial charge in [-0.15, -0.1) is 13.2 Å². The van der Waals surface area contributed by atoms with E-state index >= 15 is 0 Å². The van der Waals surface area contributed by atoms with E-state index in [4.69, 9.17) is 4.74 Å². The van der Waals surface area contributed by atoms with Gasteiger partial charge in [-0.05, 0) is 62.8 Å². The molecule has 1 atom stereocenters. The summed E-state index contributed by atoms with van der Waals surface area (Å²) < 4.78 is 5.91. The third kappa shape index (κ3) is 6.17. The number of hydrogen-bond acceptors (Lipinski definition) is 5. The third-order valence-electron chi connectivity index (χ3n) is 6.53. The van der Waals surface area contributed by atoms with Crippen LogP contribution in [0.4, 0.5) is 0 Å². The monoisotopic (exact) mass is 414 g/mol. The Kier molecular flexibility index (Phi) is 8.51. The topological polar surface area (TPSA) is 56.2 Å². The molecule has 2 aliphatic heterocycles. The number of benzene rings is 1. The van der Waals surface area contributed by atoms with Crippen LogP contribution in [0.1, 0.15) is 44.1 Å².